The lowest BCUT2D eigenvalue weighted by atomic mass is 10.1. The SMILES string of the molecule is COc1cc(C)nc(NC(=O)NS(=O)(=O)c2ccccc2-c2cnoc2)n1. The third kappa shape index (κ3) is 4.20. The molecule has 0 unspecified atom stereocenters. The third-order valence-corrected chi connectivity index (χ3v) is 4.80. The summed E-state index contributed by atoms with van der Waals surface area (Å²) in [7, 11) is -2.77. The molecule has 0 aliphatic carbocycles. The average molecular weight is 389 g/mol. The summed E-state index contributed by atoms with van der Waals surface area (Å²) < 4.78 is 37.0. The van der Waals surface area contributed by atoms with Crippen LogP contribution >= 0.6 is 0 Å². The number of ether oxygens (including phenoxy) is 1. The predicted octanol–water partition coefficient (Wildman–Crippen LogP) is 1.96. The number of urea groups is 1. The van der Waals surface area contributed by atoms with E-state index in [1.165, 1.54) is 31.7 Å². The van der Waals surface area contributed by atoms with Gasteiger partial charge in [0.05, 0.1) is 18.2 Å². The molecule has 2 heterocycles. The molecule has 3 rings (SSSR count). The quantitative estimate of drug-likeness (QED) is 0.676. The molecular weight excluding hydrogens is 374 g/mol. The van der Waals surface area contributed by atoms with Gasteiger partial charge in [0.2, 0.25) is 11.8 Å². The first-order valence-corrected chi connectivity index (χ1v) is 9.09. The number of nitrogens with zero attached hydrogens (tertiary/aromatic N) is 3. The number of anilines is 1. The van der Waals surface area contributed by atoms with E-state index in [1.54, 1.807) is 25.1 Å². The third-order valence-electron chi connectivity index (χ3n) is 3.41. The molecule has 0 aliphatic rings. The number of carbonyl (C=O) groups is 1. The van der Waals surface area contributed by atoms with Crippen LogP contribution in [0.15, 0.2) is 52.2 Å². The number of nitrogens with one attached hydrogen (secondary N) is 2. The Kier molecular flexibility index (Phi) is 5.03. The highest BCUT2D eigenvalue weighted by molar-refractivity contribution is 7.90. The molecular formula is C16H15N5O5S. The van der Waals surface area contributed by atoms with Crippen molar-refractivity contribution in [2.75, 3.05) is 12.4 Å². The molecule has 1 aromatic carbocycles. The number of methoxy groups -OCH3 is 1. The van der Waals surface area contributed by atoms with Gasteiger partial charge in [-0.1, -0.05) is 23.4 Å². The summed E-state index contributed by atoms with van der Waals surface area (Å²) in [5, 5.41) is 5.84. The second-order valence-corrected chi connectivity index (χ2v) is 7.00. The summed E-state index contributed by atoms with van der Waals surface area (Å²) in [6.45, 7) is 1.68. The topological polar surface area (TPSA) is 136 Å². The highest BCUT2D eigenvalue weighted by Crippen LogP contribution is 2.26. The van der Waals surface area contributed by atoms with Crippen molar-refractivity contribution in [3.8, 4) is 17.0 Å². The normalized spacial score (nSPS) is 11.0. The van der Waals surface area contributed by atoms with Crippen LogP contribution in [0.5, 0.6) is 5.88 Å². The van der Waals surface area contributed by atoms with Gasteiger partial charge < -0.3 is 9.26 Å². The fourth-order valence-electron chi connectivity index (χ4n) is 2.28. The van der Waals surface area contributed by atoms with Crippen LogP contribution in [0.2, 0.25) is 0 Å². The van der Waals surface area contributed by atoms with Gasteiger partial charge in [0, 0.05) is 22.9 Å². The van der Waals surface area contributed by atoms with Crippen molar-refractivity contribution < 1.29 is 22.5 Å². The molecule has 0 fully saturated rings. The van der Waals surface area contributed by atoms with Crippen LogP contribution in [0.3, 0.4) is 0 Å². The molecule has 140 valence electrons. The van der Waals surface area contributed by atoms with Crippen LogP contribution in [0.4, 0.5) is 10.7 Å². The number of aromatic nitrogens is 3. The molecule has 2 amide bonds. The zero-order valence-electron chi connectivity index (χ0n) is 14.3. The van der Waals surface area contributed by atoms with Crippen molar-refractivity contribution in [1.82, 2.24) is 19.8 Å². The first-order valence-electron chi connectivity index (χ1n) is 7.61. The van der Waals surface area contributed by atoms with E-state index >= 15 is 0 Å². The predicted molar refractivity (Wildman–Crippen MR) is 94.6 cm³/mol. The molecule has 2 N–H and O–H groups in total. The smallest absolute Gasteiger partial charge is 0.335 e. The molecule has 0 bridgehead atoms. The summed E-state index contributed by atoms with van der Waals surface area (Å²) in [6.07, 6.45) is 2.68. The largest absolute Gasteiger partial charge is 0.481 e. The molecule has 0 aliphatic heterocycles. The maximum Gasteiger partial charge on any atom is 0.335 e. The van der Waals surface area contributed by atoms with Gasteiger partial charge in [0.1, 0.15) is 6.26 Å². The summed E-state index contributed by atoms with van der Waals surface area (Å²) in [4.78, 5) is 20.0. The van der Waals surface area contributed by atoms with Gasteiger partial charge in [-0.25, -0.2) is 22.9 Å². The maximum atomic E-state index is 12.7. The zero-order valence-corrected chi connectivity index (χ0v) is 15.1. The maximum absolute atomic E-state index is 12.7. The Morgan fingerprint density at radius 3 is 2.70 bits per heavy atom. The Labute approximate surface area is 154 Å². The lowest BCUT2D eigenvalue weighted by Gasteiger charge is -2.11. The van der Waals surface area contributed by atoms with Crippen molar-refractivity contribution in [3.05, 3.63) is 48.5 Å². The molecule has 10 nitrogen and oxygen atoms in total. The standard InChI is InChI=1S/C16H15N5O5S/c1-10-7-14(25-2)19-15(18-10)20-16(22)21-27(23,24)13-6-4-3-5-12(13)11-8-17-26-9-11/h3-9H,1-2H3,(H2,18,19,20,21,22). The number of carbonyl (C=O) groups excluding carboxylic acids is 1. The van der Waals surface area contributed by atoms with Gasteiger partial charge >= 0.3 is 6.03 Å². The van der Waals surface area contributed by atoms with Crippen molar-refractivity contribution in [2.45, 2.75) is 11.8 Å². The van der Waals surface area contributed by atoms with Crippen molar-refractivity contribution in [2.24, 2.45) is 0 Å². The second-order valence-electron chi connectivity index (χ2n) is 5.34. The minimum atomic E-state index is -4.18. The lowest BCUT2D eigenvalue weighted by Crippen LogP contribution is -2.35. The van der Waals surface area contributed by atoms with E-state index in [4.69, 9.17) is 9.26 Å². The molecule has 27 heavy (non-hydrogen) atoms. The number of benzene rings is 1. The van der Waals surface area contributed by atoms with Crippen LogP contribution in [-0.2, 0) is 10.0 Å². The highest BCUT2D eigenvalue weighted by Gasteiger charge is 2.23. The summed E-state index contributed by atoms with van der Waals surface area (Å²) >= 11 is 0. The highest BCUT2D eigenvalue weighted by atomic mass is 32.2. The van der Waals surface area contributed by atoms with Crippen LogP contribution in [0.1, 0.15) is 5.69 Å². The Balaban J connectivity index is 1.83. The van der Waals surface area contributed by atoms with Gasteiger partial charge in [-0.15, -0.1) is 0 Å². The number of hydrogen-bond donors (Lipinski definition) is 2. The number of sulfonamides is 1. The fraction of sp³-hybridized carbons (Fsp3) is 0.125. The Morgan fingerprint density at radius 1 is 1.22 bits per heavy atom. The number of amides is 2. The van der Waals surface area contributed by atoms with Crippen molar-refractivity contribution in [3.63, 3.8) is 0 Å². The molecule has 3 aromatic rings. The van der Waals surface area contributed by atoms with E-state index in [0.717, 1.165) is 0 Å². The van der Waals surface area contributed by atoms with Crippen LogP contribution < -0.4 is 14.8 Å². The van der Waals surface area contributed by atoms with E-state index in [9.17, 15) is 13.2 Å². The summed E-state index contributed by atoms with van der Waals surface area (Å²) in [6, 6.07) is 6.70. The van der Waals surface area contributed by atoms with E-state index in [0.29, 0.717) is 16.8 Å². The van der Waals surface area contributed by atoms with Crippen LogP contribution in [-0.4, -0.2) is 36.7 Å². The summed E-state index contributed by atoms with van der Waals surface area (Å²) in [5.41, 5.74) is 1.34. The molecule has 2 aromatic heterocycles. The van der Waals surface area contributed by atoms with Gasteiger partial charge in [-0.2, -0.15) is 4.98 Å². The number of hydrogen-bond acceptors (Lipinski definition) is 8. The Hall–Kier alpha value is -3.47. The monoisotopic (exact) mass is 389 g/mol. The summed E-state index contributed by atoms with van der Waals surface area (Å²) in [5.74, 6) is 0.144. The molecule has 0 radical (unpaired) electrons. The Morgan fingerprint density at radius 2 is 2.00 bits per heavy atom. The molecule has 0 spiro atoms. The first kappa shape index (κ1) is 18.3. The van der Waals surface area contributed by atoms with E-state index in [1.807, 2.05) is 4.72 Å². The fourth-order valence-corrected chi connectivity index (χ4v) is 3.42. The minimum Gasteiger partial charge on any atom is -0.481 e. The molecule has 0 saturated heterocycles. The van der Waals surface area contributed by atoms with E-state index in [-0.39, 0.29) is 16.7 Å². The average Bonchev–Trinajstić information content (AvgIpc) is 3.15. The van der Waals surface area contributed by atoms with Gasteiger partial charge in [0.25, 0.3) is 10.0 Å². The molecule has 11 heteroatoms. The van der Waals surface area contributed by atoms with Crippen LogP contribution in [0, 0.1) is 6.92 Å². The first-order chi connectivity index (χ1) is 12.9. The molecule has 0 saturated carbocycles. The number of rotatable bonds is 5. The number of aryl methyl sites for hydroxylation is 1. The van der Waals surface area contributed by atoms with Gasteiger partial charge in [0.15, 0.2) is 0 Å². The van der Waals surface area contributed by atoms with Crippen molar-refractivity contribution in [1.29, 1.82) is 0 Å². The van der Waals surface area contributed by atoms with E-state index < -0.39 is 16.1 Å². The van der Waals surface area contributed by atoms with Gasteiger partial charge in [-0.05, 0) is 13.0 Å². The van der Waals surface area contributed by atoms with Crippen LogP contribution in [0.25, 0.3) is 11.1 Å². The lowest BCUT2D eigenvalue weighted by molar-refractivity contribution is 0.256. The zero-order chi connectivity index (χ0) is 19.4. The Bertz CT molecular complexity index is 1070. The second kappa shape index (κ2) is 7.41. The minimum absolute atomic E-state index is 0.0909. The van der Waals surface area contributed by atoms with Crippen molar-refractivity contribution >= 4 is 22.0 Å². The van der Waals surface area contributed by atoms with E-state index in [2.05, 4.69) is 20.4 Å². The van der Waals surface area contributed by atoms with Gasteiger partial charge in [-0.3, -0.25) is 5.32 Å². The molecule has 0 atom stereocenters.